The molecule has 146 valence electrons. The van der Waals surface area contributed by atoms with E-state index in [1.165, 1.54) is 17.1 Å². The number of phenolic OH excluding ortho intramolecular Hbond substituents is 2. The van der Waals surface area contributed by atoms with Gasteiger partial charge in [-0.25, -0.2) is 9.80 Å². The minimum absolute atomic E-state index is 0.100. The Balaban J connectivity index is 1.84. The first-order valence-corrected chi connectivity index (χ1v) is 8.81. The molecule has 1 amide bonds. The third-order valence-electron chi connectivity index (χ3n) is 4.18. The van der Waals surface area contributed by atoms with Gasteiger partial charge in [-0.2, -0.15) is 5.10 Å². The number of carbonyl (C=O) groups excluding carboxylic acids is 2. The molecule has 0 spiro atoms. The standard InChI is InChI=1S/C20H21N3O5/c1-3-28-20(27)19(16-9-8-15(24)11-17(16)25)21-13-4-6-14(7-5-13)23-18(26)10-12(2)22-23/h4-9,11,19,21,24-25H,3,10H2,1-2H3. The SMILES string of the molecule is CCOC(=O)C(Nc1ccc(N2N=C(C)CC2=O)cc1)c1ccc(O)cc1O. The summed E-state index contributed by atoms with van der Waals surface area (Å²) in [4.78, 5) is 24.4. The van der Waals surface area contributed by atoms with Gasteiger partial charge in [0.1, 0.15) is 11.5 Å². The van der Waals surface area contributed by atoms with Crippen LogP contribution in [-0.2, 0) is 14.3 Å². The molecule has 0 saturated heterocycles. The molecular weight excluding hydrogens is 362 g/mol. The molecule has 1 atom stereocenters. The molecule has 2 aromatic carbocycles. The lowest BCUT2D eigenvalue weighted by molar-refractivity contribution is -0.144. The number of rotatable bonds is 6. The smallest absolute Gasteiger partial charge is 0.333 e. The topological polar surface area (TPSA) is 111 Å². The van der Waals surface area contributed by atoms with Crippen LogP contribution in [0.1, 0.15) is 31.9 Å². The van der Waals surface area contributed by atoms with E-state index in [-0.39, 0.29) is 29.6 Å². The number of ether oxygens (including phenoxy) is 1. The summed E-state index contributed by atoms with van der Waals surface area (Å²) in [5, 5.41) is 28.2. The first kappa shape index (κ1) is 19.2. The number of nitrogens with one attached hydrogen (secondary N) is 1. The van der Waals surface area contributed by atoms with Crippen molar-refractivity contribution in [2.45, 2.75) is 26.3 Å². The molecule has 0 fully saturated rings. The Hall–Kier alpha value is -3.55. The lowest BCUT2D eigenvalue weighted by Crippen LogP contribution is -2.23. The van der Waals surface area contributed by atoms with Crippen LogP contribution in [0.3, 0.4) is 0 Å². The summed E-state index contributed by atoms with van der Waals surface area (Å²) in [5.41, 5.74) is 2.22. The van der Waals surface area contributed by atoms with Gasteiger partial charge in [-0.1, -0.05) is 0 Å². The van der Waals surface area contributed by atoms with Crippen molar-refractivity contribution in [1.82, 2.24) is 0 Å². The van der Waals surface area contributed by atoms with E-state index in [0.29, 0.717) is 17.8 Å². The van der Waals surface area contributed by atoms with E-state index in [0.717, 1.165) is 11.8 Å². The van der Waals surface area contributed by atoms with Crippen LogP contribution < -0.4 is 10.3 Å². The Morgan fingerprint density at radius 3 is 2.54 bits per heavy atom. The molecule has 28 heavy (non-hydrogen) atoms. The molecule has 1 aliphatic heterocycles. The van der Waals surface area contributed by atoms with Crippen molar-refractivity contribution >= 4 is 29.0 Å². The summed E-state index contributed by atoms with van der Waals surface area (Å²) >= 11 is 0. The summed E-state index contributed by atoms with van der Waals surface area (Å²) in [7, 11) is 0. The zero-order valence-corrected chi connectivity index (χ0v) is 15.5. The van der Waals surface area contributed by atoms with E-state index >= 15 is 0 Å². The fraction of sp³-hybridized carbons (Fsp3) is 0.250. The zero-order valence-electron chi connectivity index (χ0n) is 15.5. The van der Waals surface area contributed by atoms with Crippen LogP contribution >= 0.6 is 0 Å². The Bertz CT molecular complexity index is 924. The van der Waals surface area contributed by atoms with E-state index in [1.54, 1.807) is 38.1 Å². The Labute approximate surface area is 162 Å². The monoisotopic (exact) mass is 383 g/mol. The summed E-state index contributed by atoms with van der Waals surface area (Å²) in [6, 6.07) is 9.85. The number of anilines is 2. The highest BCUT2D eigenvalue weighted by molar-refractivity contribution is 6.12. The molecule has 0 bridgehead atoms. The van der Waals surface area contributed by atoms with E-state index in [9.17, 15) is 19.8 Å². The van der Waals surface area contributed by atoms with Crippen LogP contribution in [0, 0.1) is 0 Å². The summed E-state index contributed by atoms with van der Waals surface area (Å²) in [5.74, 6) is -1.01. The van der Waals surface area contributed by atoms with Crippen LogP contribution in [0.2, 0.25) is 0 Å². The molecule has 8 heteroatoms. The molecule has 0 aliphatic carbocycles. The number of carbonyl (C=O) groups is 2. The lowest BCUT2D eigenvalue weighted by atomic mass is 10.0. The summed E-state index contributed by atoms with van der Waals surface area (Å²) < 4.78 is 5.10. The van der Waals surface area contributed by atoms with Crippen molar-refractivity contribution in [3.63, 3.8) is 0 Å². The molecular formula is C20H21N3O5. The predicted octanol–water partition coefficient (Wildman–Crippen LogP) is 2.93. The van der Waals surface area contributed by atoms with Gasteiger partial charge < -0.3 is 20.3 Å². The van der Waals surface area contributed by atoms with Crippen molar-refractivity contribution in [2.24, 2.45) is 5.10 Å². The number of aromatic hydroxyl groups is 2. The molecule has 3 rings (SSSR count). The van der Waals surface area contributed by atoms with Crippen LogP contribution in [0.15, 0.2) is 47.6 Å². The molecule has 1 aliphatic rings. The zero-order chi connectivity index (χ0) is 20.3. The highest BCUT2D eigenvalue weighted by Crippen LogP contribution is 2.32. The van der Waals surface area contributed by atoms with E-state index in [1.807, 2.05) is 0 Å². The van der Waals surface area contributed by atoms with Crippen molar-refractivity contribution in [3.8, 4) is 11.5 Å². The minimum atomic E-state index is -0.972. The average Bonchev–Trinajstić information content (AvgIpc) is 2.99. The highest BCUT2D eigenvalue weighted by atomic mass is 16.5. The van der Waals surface area contributed by atoms with E-state index in [2.05, 4.69) is 10.4 Å². The number of nitrogens with zero attached hydrogens (tertiary/aromatic N) is 2. The van der Waals surface area contributed by atoms with Gasteiger partial charge in [-0.05, 0) is 50.2 Å². The van der Waals surface area contributed by atoms with Crippen LogP contribution in [0.25, 0.3) is 0 Å². The quantitative estimate of drug-likeness (QED) is 0.662. The third kappa shape index (κ3) is 4.06. The van der Waals surface area contributed by atoms with Crippen molar-refractivity contribution in [1.29, 1.82) is 0 Å². The molecule has 2 aromatic rings. The van der Waals surface area contributed by atoms with Crippen molar-refractivity contribution < 1.29 is 24.5 Å². The van der Waals surface area contributed by atoms with Gasteiger partial charge in [0.05, 0.1) is 18.7 Å². The van der Waals surface area contributed by atoms with Crippen LogP contribution in [0.4, 0.5) is 11.4 Å². The van der Waals surface area contributed by atoms with Gasteiger partial charge in [0, 0.05) is 23.0 Å². The lowest BCUT2D eigenvalue weighted by Gasteiger charge is -2.20. The fourth-order valence-electron chi connectivity index (χ4n) is 2.89. The molecule has 0 radical (unpaired) electrons. The van der Waals surface area contributed by atoms with Gasteiger partial charge in [-0.15, -0.1) is 0 Å². The number of hydrogen-bond acceptors (Lipinski definition) is 7. The van der Waals surface area contributed by atoms with Gasteiger partial charge in [-0.3, -0.25) is 4.79 Å². The second-order valence-electron chi connectivity index (χ2n) is 6.34. The van der Waals surface area contributed by atoms with Crippen LogP contribution in [-0.4, -0.2) is 34.4 Å². The summed E-state index contributed by atoms with van der Waals surface area (Å²) in [6.07, 6.45) is 0.297. The van der Waals surface area contributed by atoms with Crippen LogP contribution in [0.5, 0.6) is 11.5 Å². The van der Waals surface area contributed by atoms with Gasteiger partial charge >= 0.3 is 5.97 Å². The number of esters is 1. The Morgan fingerprint density at radius 1 is 1.25 bits per heavy atom. The highest BCUT2D eigenvalue weighted by Gasteiger charge is 2.26. The minimum Gasteiger partial charge on any atom is -0.508 e. The first-order chi connectivity index (χ1) is 13.4. The third-order valence-corrected chi connectivity index (χ3v) is 4.18. The summed E-state index contributed by atoms with van der Waals surface area (Å²) in [6.45, 7) is 3.67. The van der Waals surface area contributed by atoms with Gasteiger partial charge in [0.2, 0.25) is 0 Å². The second-order valence-corrected chi connectivity index (χ2v) is 6.34. The number of hydrazone groups is 1. The van der Waals surface area contributed by atoms with E-state index < -0.39 is 12.0 Å². The Kier molecular flexibility index (Phi) is 5.49. The normalized spacial score (nSPS) is 14.6. The van der Waals surface area contributed by atoms with Crippen molar-refractivity contribution in [3.05, 3.63) is 48.0 Å². The molecule has 0 saturated carbocycles. The maximum atomic E-state index is 12.4. The predicted molar refractivity (Wildman–Crippen MR) is 104 cm³/mol. The number of phenols is 2. The first-order valence-electron chi connectivity index (χ1n) is 8.81. The number of benzene rings is 2. The fourth-order valence-corrected chi connectivity index (χ4v) is 2.89. The molecule has 1 unspecified atom stereocenters. The number of hydrogen-bond donors (Lipinski definition) is 3. The molecule has 3 N–H and O–H groups in total. The maximum absolute atomic E-state index is 12.4. The van der Waals surface area contributed by atoms with E-state index in [4.69, 9.17) is 4.74 Å². The molecule has 1 heterocycles. The molecule has 0 aromatic heterocycles. The Morgan fingerprint density at radius 2 is 1.96 bits per heavy atom. The van der Waals surface area contributed by atoms with Gasteiger partial charge in [0.15, 0.2) is 6.04 Å². The van der Waals surface area contributed by atoms with Gasteiger partial charge in [0.25, 0.3) is 5.91 Å². The maximum Gasteiger partial charge on any atom is 0.333 e. The largest absolute Gasteiger partial charge is 0.508 e. The van der Waals surface area contributed by atoms with Crippen molar-refractivity contribution in [2.75, 3.05) is 16.9 Å². The number of amides is 1. The second kappa shape index (κ2) is 7.99. The molecule has 8 nitrogen and oxygen atoms in total. The average molecular weight is 383 g/mol.